The van der Waals surface area contributed by atoms with Crippen LogP contribution in [-0.4, -0.2) is 25.9 Å². The lowest BCUT2D eigenvalue weighted by atomic mass is 9.98. The number of nitrogens with one attached hydrogen (secondary N) is 1. The highest BCUT2D eigenvalue weighted by Gasteiger charge is 2.22. The van der Waals surface area contributed by atoms with Crippen molar-refractivity contribution in [2.24, 2.45) is 5.92 Å². The highest BCUT2D eigenvalue weighted by atomic mass is 32.2. The Balaban J connectivity index is 1.74. The van der Waals surface area contributed by atoms with Crippen LogP contribution in [0.5, 0.6) is 5.75 Å². The number of para-hydroxylation sites is 2. The van der Waals surface area contributed by atoms with Crippen molar-refractivity contribution < 1.29 is 9.53 Å². The summed E-state index contributed by atoms with van der Waals surface area (Å²) in [6, 6.07) is 15.8. The Morgan fingerprint density at radius 1 is 1.03 bits per heavy atom. The third-order valence-corrected chi connectivity index (χ3v) is 6.74. The molecule has 182 valence electrons. The Kier molecular flexibility index (Phi) is 9.16. The summed E-state index contributed by atoms with van der Waals surface area (Å²) in [5.41, 5.74) is 3.12. The van der Waals surface area contributed by atoms with Gasteiger partial charge in [-0.25, -0.2) is 0 Å². The predicted octanol–water partition coefficient (Wildman–Crippen LogP) is 6.45. The summed E-state index contributed by atoms with van der Waals surface area (Å²) in [6.07, 6.45) is 0.992. The zero-order valence-corrected chi connectivity index (χ0v) is 21.9. The van der Waals surface area contributed by atoms with Crippen LogP contribution in [0.1, 0.15) is 63.9 Å². The monoisotopic (exact) mass is 480 g/mol. The average Bonchev–Trinajstić information content (AvgIpc) is 3.19. The van der Waals surface area contributed by atoms with Crippen LogP contribution in [0.2, 0.25) is 0 Å². The van der Waals surface area contributed by atoms with E-state index in [-0.39, 0.29) is 11.2 Å². The normalized spacial score (nSPS) is 12.2. The molecule has 3 aromatic rings. The maximum absolute atomic E-state index is 13.1. The third kappa shape index (κ3) is 6.86. The second kappa shape index (κ2) is 12.1. The minimum absolute atomic E-state index is 0.0401. The average molecular weight is 481 g/mol. The van der Waals surface area contributed by atoms with Gasteiger partial charge in [-0.05, 0) is 55.4 Å². The SMILES string of the molecule is Cc1cccc(C(C)C)c1NC(=O)C(C)Sc1nnc(COc2ccccc2)n1CCC(C)C. The quantitative estimate of drug-likeness (QED) is 0.319. The van der Waals surface area contributed by atoms with E-state index in [4.69, 9.17) is 4.74 Å². The number of rotatable bonds is 11. The first kappa shape index (κ1) is 25.8. The maximum Gasteiger partial charge on any atom is 0.237 e. The summed E-state index contributed by atoms with van der Waals surface area (Å²) < 4.78 is 8.01. The van der Waals surface area contributed by atoms with E-state index in [1.54, 1.807) is 0 Å². The smallest absolute Gasteiger partial charge is 0.237 e. The summed E-state index contributed by atoms with van der Waals surface area (Å²) in [7, 11) is 0. The van der Waals surface area contributed by atoms with Gasteiger partial charge in [0.15, 0.2) is 11.0 Å². The molecule has 0 saturated carbocycles. The highest BCUT2D eigenvalue weighted by molar-refractivity contribution is 8.00. The molecular formula is C27H36N4O2S. The number of carbonyl (C=O) groups is 1. The first-order valence-corrected chi connectivity index (χ1v) is 12.8. The molecule has 3 rings (SSSR count). The number of hydrogen-bond donors (Lipinski definition) is 1. The van der Waals surface area contributed by atoms with Crippen LogP contribution >= 0.6 is 11.8 Å². The van der Waals surface area contributed by atoms with Crippen molar-refractivity contribution in [2.45, 2.75) is 77.4 Å². The number of anilines is 1. The van der Waals surface area contributed by atoms with Crippen LogP contribution in [-0.2, 0) is 17.9 Å². The second-order valence-corrected chi connectivity index (χ2v) is 10.6. The van der Waals surface area contributed by atoms with Crippen LogP contribution in [0.25, 0.3) is 0 Å². The Morgan fingerprint density at radius 3 is 2.44 bits per heavy atom. The topological polar surface area (TPSA) is 69.0 Å². The summed E-state index contributed by atoms with van der Waals surface area (Å²) in [5, 5.41) is 12.4. The third-order valence-electron chi connectivity index (χ3n) is 5.66. The van der Waals surface area contributed by atoms with Crippen molar-refractivity contribution in [1.82, 2.24) is 14.8 Å². The van der Waals surface area contributed by atoms with Gasteiger partial charge in [-0.3, -0.25) is 4.79 Å². The molecule has 0 aliphatic heterocycles. The number of aromatic nitrogens is 3. The van der Waals surface area contributed by atoms with Gasteiger partial charge in [-0.2, -0.15) is 0 Å². The van der Waals surface area contributed by atoms with E-state index in [1.807, 2.05) is 56.3 Å². The molecule has 0 aliphatic carbocycles. The van der Waals surface area contributed by atoms with Crippen LogP contribution < -0.4 is 10.1 Å². The molecule has 0 fully saturated rings. The van der Waals surface area contributed by atoms with Gasteiger partial charge in [0, 0.05) is 12.2 Å². The molecule has 0 bridgehead atoms. The van der Waals surface area contributed by atoms with Gasteiger partial charge in [0.05, 0.1) is 5.25 Å². The van der Waals surface area contributed by atoms with Gasteiger partial charge in [-0.15, -0.1) is 10.2 Å². The van der Waals surface area contributed by atoms with Gasteiger partial charge in [0.2, 0.25) is 5.91 Å². The molecule has 6 nitrogen and oxygen atoms in total. The minimum Gasteiger partial charge on any atom is -0.486 e. The molecule has 0 saturated heterocycles. The van der Waals surface area contributed by atoms with Crippen LogP contribution in [0, 0.1) is 12.8 Å². The lowest BCUT2D eigenvalue weighted by Crippen LogP contribution is -2.24. The number of ether oxygens (including phenoxy) is 1. The van der Waals surface area contributed by atoms with Crippen LogP contribution in [0.3, 0.4) is 0 Å². The Bertz CT molecular complexity index is 1080. The van der Waals surface area contributed by atoms with Crippen molar-refractivity contribution in [3.63, 3.8) is 0 Å². The van der Waals surface area contributed by atoms with Gasteiger partial charge in [0.1, 0.15) is 12.4 Å². The van der Waals surface area contributed by atoms with E-state index in [9.17, 15) is 4.79 Å². The van der Waals surface area contributed by atoms with Crippen LogP contribution in [0.15, 0.2) is 53.7 Å². The van der Waals surface area contributed by atoms with E-state index in [1.165, 1.54) is 11.8 Å². The lowest BCUT2D eigenvalue weighted by Gasteiger charge is -2.19. The fraction of sp³-hybridized carbons (Fsp3) is 0.444. The Labute approximate surface area is 207 Å². The number of nitrogens with zero attached hydrogens (tertiary/aromatic N) is 3. The Hall–Kier alpha value is -2.80. The van der Waals surface area contributed by atoms with Gasteiger partial charge in [-0.1, -0.05) is 75.9 Å². The lowest BCUT2D eigenvalue weighted by molar-refractivity contribution is -0.115. The van der Waals surface area contributed by atoms with Gasteiger partial charge in [0.25, 0.3) is 0 Å². The summed E-state index contributed by atoms with van der Waals surface area (Å²) >= 11 is 1.43. The molecule has 1 atom stereocenters. The second-order valence-electron chi connectivity index (χ2n) is 9.28. The fourth-order valence-electron chi connectivity index (χ4n) is 3.57. The highest BCUT2D eigenvalue weighted by Crippen LogP contribution is 2.30. The van der Waals surface area contributed by atoms with Crippen LogP contribution in [0.4, 0.5) is 5.69 Å². The van der Waals surface area contributed by atoms with Gasteiger partial charge >= 0.3 is 0 Å². The van der Waals surface area contributed by atoms with Crippen molar-refractivity contribution in [2.75, 3.05) is 5.32 Å². The largest absolute Gasteiger partial charge is 0.486 e. The molecule has 1 aromatic heterocycles. The number of carbonyl (C=O) groups excluding carboxylic acids is 1. The van der Waals surface area contributed by atoms with E-state index in [0.29, 0.717) is 18.4 Å². The van der Waals surface area contributed by atoms with Crippen molar-refractivity contribution >= 4 is 23.4 Å². The van der Waals surface area contributed by atoms with Crippen molar-refractivity contribution in [3.8, 4) is 5.75 Å². The number of benzene rings is 2. The molecule has 2 aromatic carbocycles. The molecule has 0 aliphatic rings. The van der Waals surface area contributed by atoms with Gasteiger partial charge < -0.3 is 14.6 Å². The van der Waals surface area contributed by atoms with E-state index in [2.05, 4.69) is 53.8 Å². The van der Waals surface area contributed by atoms with E-state index in [0.717, 1.165) is 46.5 Å². The number of amides is 1. The standard InChI is InChI=1S/C27H36N4O2S/c1-18(2)15-16-31-24(17-33-22-12-8-7-9-13-22)29-30-27(31)34-21(6)26(32)28-25-20(5)11-10-14-23(25)19(3)4/h7-14,18-19,21H,15-17H2,1-6H3,(H,28,32). The number of thioether (sulfide) groups is 1. The molecule has 1 amide bonds. The van der Waals surface area contributed by atoms with E-state index < -0.39 is 0 Å². The summed E-state index contributed by atoms with van der Waals surface area (Å²) in [4.78, 5) is 13.1. The summed E-state index contributed by atoms with van der Waals surface area (Å²) in [5.74, 6) is 2.38. The molecule has 34 heavy (non-hydrogen) atoms. The fourth-order valence-corrected chi connectivity index (χ4v) is 4.46. The molecule has 1 heterocycles. The molecule has 1 N–H and O–H groups in total. The first-order valence-electron chi connectivity index (χ1n) is 11.9. The number of hydrogen-bond acceptors (Lipinski definition) is 5. The number of aryl methyl sites for hydroxylation is 1. The molecule has 7 heteroatoms. The Morgan fingerprint density at radius 2 is 1.76 bits per heavy atom. The molecular weight excluding hydrogens is 444 g/mol. The summed E-state index contributed by atoms with van der Waals surface area (Å²) in [6.45, 7) is 13.7. The van der Waals surface area contributed by atoms with E-state index >= 15 is 0 Å². The zero-order chi connectivity index (χ0) is 24.7. The minimum atomic E-state index is -0.329. The predicted molar refractivity (Wildman–Crippen MR) is 139 cm³/mol. The molecule has 0 radical (unpaired) electrons. The van der Waals surface area contributed by atoms with Crippen molar-refractivity contribution in [1.29, 1.82) is 0 Å². The molecule has 1 unspecified atom stereocenters. The first-order chi connectivity index (χ1) is 16.3. The maximum atomic E-state index is 13.1. The molecule has 0 spiro atoms. The van der Waals surface area contributed by atoms with Crippen molar-refractivity contribution in [3.05, 3.63) is 65.5 Å². The zero-order valence-electron chi connectivity index (χ0n) is 21.0.